The molecule has 2 amide bonds. The maximum Gasteiger partial charge on any atom is 0.313 e. The second kappa shape index (κ2) is 8.59. The van der Waals surface area contributed by atoms with Gasteiger partial charge in [-0.3, -0.25) is 14.4 Å². The summed E-state index contributed by atoms with van der Waals surface area (Å²) in [5.41, 5.74) is -0.617. The number of esters is 1. The standard InChI is InChI=1S/C24H25ClN2O6/c25-15-6-8-16(9-7-15)26-12-4-10-24-19(18-17(33-24)5-3-14-32-23(18)31)21(29)27(11-1-2-13-28)20(24)22(26)30/h3-10,17-20,28H,1-2,11-14H2/t17-,18+,19+,20?,24+/m1/s1. The van der Waals surface area contributed by atoms with E-state index in [0.717, 1.165) is 0 Å². The van der Waals surface area contributed by atoms with E-state index in [1.165, 1.54) is 4.90 Å². The zero-order valence-electron chi connectivity index (χ0n) is 17.9. The average molecular weight is 473 g/mol. The number of amides is 2. The lowest BCUT2D eigenvalue weighted by Crippen LogP contribution is -2.55. The Morgan fingerprint density at radius 2 is 1.88 bits per heavy atom. The molecule has 1 aromatic rings. The molecule has 0 aliphatic carbocycles. The van der Waals surface area contributed by atoms with Gasteiger partial charge in [-0.25, -0.2) is 0 Å². The van der Waals surface area contributed by atoms with Crippen molar-refractivity contribution in [1.82, 2.24) is 4.90 Å². The van der Waals surface area contributed by atoms with Crippen LogP contribution in [0.3, 0.4) is 0 Å². The Bertz CT molecular complexity index is 1020. The maximum absolute atomic E-state index is 14.0. The molecular weight excluding hydrogens is 448 g/mol. The Morgan fingerprint density at radius 1 is 1.09 bits per heavy atom. The molecule has 0 saturated carbocycles. The highest BCUT2D eigenvalue weighted by Gasteiger charge is 2.71. The Hall–Kier alpha value is -2.68. The van der Waals surface area contributed by atoms with Gasteiger partial charge in [-0.15, -0.1) is 0 Å². The van der Waals surface area contributed by atoms with Gasteiger partial charge in [-0.05, 0) is 43.2 Å². The summed E-state index contributed by atoms with van der Waals surface area (Å²) in [5, 5.41) is 9.79. The van der Waals surface area contributed by atoms with E-state index in [2.05, 4.69) is 0 Å². The van der Waals surface area contributed by atoms with E-state index in [4.69, 9.17) is 21.1 Å². The predicted octanol–water partition coefficient (Wildman–Crippen LogP) is 1.71. The van der Waals surface area contributed by atoms with E-state index in [1.807, 2.05) is 6.08 Å². The lowest BCUT2D eigenvalue weighted by atomic mass is 9.78. The second-order valence-electron chi connectivity index (χ2n) is 8.69. The number of anilines is 1. The minimum absolute atomic E-state index is 0.00959. The van der Waals surface area contributed by atoms with Gasteiger partial charge < -0.3 is 24.4 Å². The molecule has 5 rings (SSSR count). The molecule has 4 aliphatic heterocycles. The summed E-state index contributed by atoms with van der Waals surface area (Å²) in [6, 6.07) is 6.00. The molecule has 0 aromatic heterocycles. The third-order valence-electron chi connectivity index (χ3n) is 6.86. The van der Waals surface area contributed by atoms with Crippen LogP contribution in [0.2, 0.25) is 5.02 Å². The number of benzene rings is 1. The Morgan fingerprint density at radius 3 is 2.64 bits per heavy atom. The van der Waals surface area contributed by atoms with E-state index in [1.54, 1.807) is 47.4 Å². The van der Waals surface area contributed by atoms with Crippen LogP contribution >= 0.6 is 11.6 Å². The number of aliphatic hydroxyl groups is 1. The largest absolute Gasteiger partial charge is 0.461 e. The molecular formula is C24H25ClN2O6. The number of hydrogen-bond acceptors (Lipinski definition) is 6. The monoisotopic (exact) mass is 472 g/mol. The number of cyclic esters (lactones) is 1. The highest BCUT2D eigenvalue weighted by molar-refractivity contribution is 6.30. The molecule has 174 valence electrons. The molecule has 4 heterocycles. The fraction of sp³-hybridized carbons (Fsp3) is 0.458. The van der Waals surface area contributed by atoms with Crippen LogP contribution in [0.25, 0.3) is 0 Å². The van der Waals surface area contributed by atoms with E-state index in [0.29, 0.717) is 30.1 Å². The number of carbonyl (C=O) groups is 3. The van der Waals surface area contributed by atoms with Gasteiger partial charge in [0, 0.05) is 30.4 Å². The summed E-state index contributed by atoms with van der Waals surface area (Å²) in [6.45, 7) is 0.696. The van der Waals surface area contributed by atoms with Crippen molar-refractivity contribution < 1.29 is 29.0 Å². The van der Waals surface area contributed by atoms with Crippen molar-refractivity contribution in [1.29, 1.82) is 0 Å². The predicted molar refractivity (Wildman–Crippen MR) is 119 cm³/mol. The topological polar surface area (TPSA) is 96.4 Å². The minimum Gasteiger partial charge on any atom is -0.461 e. The third kappa shape index (κ3) is 3.48. The first kappa shape index (κ1) is 22.1. The summed E-state index contributed by atoms with van der Waals surface area (Å²) in [4.78, 5) is 43.7. The zero-order valence-corrected chi connectivity index (χ0v) is 18.7. The first-order chi connectivity index (χ1) is 16.0. The van der Waals surface area contributed by atoms with Gasteiger partial charge in [0.1, 0.15) is 24.2 Å². The summed E-state index contributed by atoms with van der Waals surface area (Å²) in [7, 11) is 0. The van der Waals surface area contributed by atoms with E-state index in [9.17, 15) is 19.5 Å². The molecule has 1 aromatic carbocycles. The Kier molecular flexibility index (Phi) is 5.76. The Balaban J connectivity index is 1.58. The number of nitrogens with zero attached hydrogens (tertiary/aromatic N) is 2. The van der Waals surface area contributed by atoms with Gasteiger partial charge in [-0.1, -0.05) is 29.8 Å². The molecule has 2 fully saturated rings. The number of halogens is 1. The van der Waals surface area contributed by atoms with Crippen molar-refractivity contribution in [2.45, 2.75) is 30.6 Å². The molecule has 0 radical (unpaired) electrons. The van der Waals surface area contributed by atoms with Gasteiger partial charge in [0.25, 0.3) is 5.91 Å². The molecule has 9 heteroatoms. The van der Waals surface area contributed by atoms with Crippen LogP contribution in [0, 0.1) is 11.8 Å². The fourth-order valence-corrected chi connectivity index (χ4v) is 5.58. The van der Waals surface area contributed by atoms with Gasteiger partial charge in [0.05, 0.1) is 12.0 Å². The van der Waals surface area contributed by atoms with Crippen molar-refractivity contribution in [3.05, 3.63) is 53.6 Å². The molecule has 1 unspecified atom stereocenters. The van der Waals surface area contributed by atoms with Crippen molar-refractivity contribution in [2.75, 3.05) is 31.2 Å². The normalized spacial score (nSPS) is 32.8. The van der Waals surface area contributed by atoms with Crippen molar-refractivity contribution in [3.8, 4) is 0 Å². The van der Waals surface area contributed by atoms with E-state index in [-0.39, 0.29) is 31.6 Å². The fourth-order valence-electron chi connectivity index (χ4n) is 5.46. The summed E-state index contributed by atoms with van der Waals surface area (Å²) < 4.78 is 11.7. The summed E-state index contributed by atoms with van der Waals surface area (Å²) in [6.07, 6.45) is 7.45. The smallest absolute Gasteiger partial charge is 0.313 e. The molecule has 4 aliphatic rings. The van der Waals surface area contributed by atoms with Crippen LogP contribution in [0.4, 0.5) is 5.69 Å². The zero-order chi connectivity index (χ0) is 23.2. The van der Waals surface area contributed by atoms with Gasteiger partial charge in [0.2, 0.25) is 5.91 Å². The SMILES string of the molecule is O=C1OCC=C[C@H]2O[C@]34C=CCN(c5ccc(Cl)cc5)C(=O)C3N(CCCCO)C(=O)[C@@H]4[C@@H]12. The number of fused-ring (bicyclic) bond motifs is 2. The number of rotatable bonds is 5. The number of likely N-dealkylation sites (tertiary alicyclic amines) is 1. The van der Waals surface area contributed by atoms with Crippen LogP contribution in [0.15, 0.2) is 48.6 Å². The van der Waals surface area contributed by atoms with E-state index < -0.39 is 35.6 Å². The number of ether oxygens (including phenoxy) is 2. The minimum atomic E-state index is -1.27. The van der Waals surface area contributed by atoms with Gasteiger partial charge in [0.15, 0.2) is 0 Å². The van der Waals surface area contributed by atoms with Crippen LogP contribution in [-0.4, -0.2) is 71.8 Å². The molecule has 5 atom stereocenters. The second-order valence-corrected chi connectivity index (χ2v) is 9.13. The number of unbranched alkanes of at least 4 members (excludes halogenated alkanes) is 1. The first-order valence-corrected chi connectivity index (χ1v) is 11.5. The van der Waals surface area contributed by atoms with Crippen molar-refractivity contribution in [3.63, 3.8) is 0 Å². The quantitative estimate of drug-likeness (QED) is 0.398. The number of aliphatic hydroxyl groups excluding tert-OH is 1. The lowest BCUT2D eigenvalue weighted by Gasteiger charge is -2.35. The van der Waals surface area contributed by atoms with E-state index >= 15 is 0 Å². The van der Waals surface area contributed by atoms with Gasteiger partial charge >= 0.3 is 5.97 Å². The van der Waals surface area contributed by atoms with Crippen LogP contribution in [0.1, 0.15) is 12.8 Å². The highest BCUT2D eigenvalue weighted by Crippen LogP contribution is 2.53. The maximum atomic E-state index is 14.0. The summed E-state index contributed by atoms with van der Waals surface area (Å²) >= 11 is 6.03. The van der Waals surface area contributed by atoms with Crippen LogP contribution < -0.4 is 4.90 Å². The molecule has 8 nitrogen and oxygen atoms in total. The van der Waals surface area contributed by atoms with Crippen LogP contribution in [-0.2, 0) is 23.9 Å². The highest BCUT2D eigenvalue weighted by atomic mass is 35.5. The van der Waals surface area contributed by atoms with Crippen molar-refractivity contribution >= 4 is 35.1 Å². The number of hydrogen-bond donors (Lipinski definition) is 1. The molecule has 1 spiro atoms. The summed E-state index contributed by atoms with van der Waals surface area (Å²) in [5.74, 6) is -2.75. The Labute approximate surface area is 196 Å². The molecule has 1 N–H and O–H groups in total. The molecule has 2 saturated heterocycles. The third-order valence-corrected chi connectivity index (χ3v) is 7.11. The number of carbonyl (C=O) groups excluding carboxylic acids is 3. The van der Waals surface area contributed by atoms with Crippen molar-refractivity contribution in [2.24, 2.45) is 11.8 Å². The van der Waals surface area contributed by atoms with Crippen LogP contribution in [0.5, 0.6) is 0 Å². The molecule has 0 bridgehead atoms. The van der Waals surface area contributed by atoms with Gasteiger partial charge in [-0.2, -0.15) is 0 Å². The molecule has 33 heavy (non-hydrogen) atoms. The average Bonchev–Trinajstić information content (AvgIpc) is 3.09. The lowest BCUT2D eigenvalue weighted by molar-refractivity contribution is -0.152. The first-order valence-electron chi connectivity index (χ1n) is 11.1.